The summed E-state index contributed by atoms with van der Waals surface area (Å²) in [7, 11) is 0. The molecule has 1 saturated carbocycles. The molecule has 0 radical (unpaired) electrons. The Bertz CT molecular complexity index is 1380. The molecule has 40 heavy (non-hydrogen) atoms. The Kier molecular flexibility index (Phi) is 7.02. The largest absolute Gasteiger partial charge is 0.480 e. The molecule has 1 saturated heterocycles. The number of rotatable bonds is 9. The Morgan fingerprint density at radius 1 is 0.925 bits per heavy atom. The molecule has 8 heteroatoms. The quantitative estimate of drug-likeness (QED) is 0.377. The Hall–Kier alpha value is -4.17. The van der Waals surface area contributed by atoms with Gasteiger partial charge in [-0.2, -0.15) is 0 Å². The van der Waals surface area contributed by atoms with Crippen LogP contribution in [0.3, 0.4) is 0 Å². The monoisotopic (exact) mass is 539 g/mol. The van der Waals surface area contributed by atoms with E-state index in [-0.39, 0.29) is 25.0 Å². The van der Waals surface area contributed by atoms with E-state index in [0.717, 1.165) is 40.7 Å². The van der Waals surface area contributed by atoms with E-state index in [1.165, 1.54) is 0 Å². The van der Waals surface area contributed by atoms with E-state index < -0.39 is 29.6 Å². The molecule has 2 atom stereocenters. The third-order valence-electron chi connectivity index (χ3n) is 8.36. The molecule has 206 valence electrons. The number of hydrogen-bond acceptors (Lipinski definition) is 5. The van der Waals surface area contributed by atoms with Crippen molar-refractivity contribution in [1.29, 1.82) is 0 Å². The van der Waals surface area contributed by atoms with Crippen molar-refractivity contribution in [3.8, 4) is 11.1 Å². The number of alkyl carbamates (subject to hydrolysis) is 1. The first kappa shape index (κ1) is 26.1. The number of nitrogens with one attached hydrogen (secondary N) is 2. The minimum Gasteiger partial charge on any atom is -0.480 e. The van der Waals surface area contributed by atoms with Gasteiger partial charge in [0, 0.05) is 25.6 Å². The van der Waals surface area contributed by atoms with Crippen molar-refractivity contribution in [1.82, 2.24) is 15.5 Å². The van der Waals surface area contributed by atoms with Crippen LogP contribution in [0.1, 0.15) is 41.9 Å². The van der Waals surface area contributed by atoms with Gasteiger partial charge in [-0.1, -0.05) is 78.9 Å². The molecule has 3 aliphatic rings. The minimum atomic E-state index is -1.29. The van der Waals surface area contributed by atoms with E-state index in [9.17, 15) is 19.5 Å². The Morgan fingerprint density at radius 3 is 2.17 bits per heavy atom. The highest BCUT2D eigenvalue weighted by atomic mass is 16.5. The fourth-order valence-electron chi connectivity index (χ4n) is 6.13. The molecule has 8 nitrogen and oxygen atoms in total. The molecule has 2 unspecified atom stereocenters. The van der Waals surface area contributed by atoms with Crippen molar-refractivity contribution in [3.05, 3.63) is 95.6 Å². The summed E-state index contributed by atoms with van der Waals surface area (Å²) in [5, 5.41) is 15.3. The van der Waals surface area contributed by atoms with E-state index in [4.69, 9.17) is 4.74 Å². The minimum absolute atomic E-state index is 0.0743. The maximum atomic E-state index is 13.7. The maximum absolute atomic E-state index is 13.7. The van der Waals surface area contributed by atoms with Gasteiger partial charge in [-0.05, 0) is 53.0 Å². The Labute approximate surface area is 233 Å². The molecule has 2 amide bonds. The Balaban J connectivity index is 1.18. The summed E-state index contributed by atoms with van der Waals surface area (Å²) in [6.45, 7) is 1.58. The number of carbonyl (C=O) groups is 3. The number of carboxylic acid groups (broad SMARTS) is 1. The van der Waals surface area contributed by atoms with Gasteiger partial charge >= 0.3 is 12.1 Å². The van der Waals surface area contributed by atoms with Gasteiger partial charge in [-0.15, -0.1) is 0 Å². The number of benzene rings is 3. The molecule has 3 aromatic rings. The highest BCUT2D eigenvalue weighted by Gasteiger charge is 2.49. The number of carbonyl (C=O) groups excluding carboxylic acids is 2. The average Bonchev–Trinajstić information content (AvgIpc) is 3.65. The standard InChI is InChI=1S/C32H33N3O5/c36-29(37)28(22-14-15-22)33-30(38)32(16-17-35(20-32)18-21-8-2-1-3-9-21)34-31(39)40-19-27-25-12-6-4-10-23(25)24-11-5-7-13-26(24)27/h1-13,22,27-28H,14-20H2,(H,33,38)(H,34,39)(H,36,37). The van der Waals surface area contributed by atoms with E-state index in [0.29, 0.717) is 19.5 Å². The highest BCUT2D eigenvalue weighted by molar-refractivity contribution is 5.93. The summed E-state index contributed by atoms with van der Waals surface area (Å²) in [6.07, 6.45) is 1.21. The van der Waals surface area contributed by atoms with Crippen LogP contribution in [0.5, 0.6) is 0 Å². The second-order valence-electron chi connectivity index (χ2n) is 11.1. The topological polar surface area (TPSA) is 108 Å². The number of fused-ring (bicyclic) bond motifs is 3. The summed E-state index contributed by atoms with van der Waals surface area (Å²) in [4.78, 5) is 40.9. The molecule has 0 bridgehead atoms. The molecule has 1 heterocycles. The van der Waals surface area contributed by atoms with Crippen molar-refractivity contribution in [2.45, 2.75) is 43.3 Å². The molecule has 6 rings (SSSR count). The maximum Gasteiger partial charge on any atom is 0.408 e. The molecule has 2 fully saturated rings. The third-order valence-corrected chi connectivity index (χ3v) is 8.36. The lowest BCUT2D eigenvalue weighted by molar-refractivity contribution is -0.143. The van der Waals surface area contributed by atoms with Crippen LogP contribution >= 0.6 is 0 Å². The third kappa shape index (κ3) is 5.19. The fraction of sp³-hybridized carbons (Fsp3) is 0.344. The average molecular weight is 540 g/mol. The lowest BCUT2D eigenvalue weighted by Gasteiger charge is -2.31. The number of ether oxygens (including phenoxy) is 1. The number of carboxylic acids is 1. The smallest absolute Gasteiger partial charge is 0.408 e. The second-order valence-corrected chi connectivity index (χ2v) is 11.1. The number of hydrogen-bond donors (Lipinski definition) is 3. The zero-order chi connectivity index (χ0) is 27.7. The molecule has 1 aliphatic heterocycles. The predicted octanol–water partition coefficient (Wildman–Crippen LogP) is 4.15. The zero-order valence-electron chi connectivity index (χ0n) is 22.2. The molecular weight excluding hydrogens is 506 g/mol. The molecule has 3 aromatic carbocycles. The van der Waals surface area contributed by atoms with Crippen molar-refractivity contribution in [3.63, 3.8) is 0 Å². The number of aliphatic carboxylic acids is 1. The van der Waals surface area contributed by atoms with Crippen LogP contribution in [0.25, 0.3) is 11.1 Å². The highest BCUT2D eigenvalue weighted by Crippen LogP contribution is 2.44. The first-order valence-corrected chi connectivity index (χ1v) is 13.9. The number of likely N-dealkylation sites (tertiary alicyclic amines) is 1. The van der Waals surface area contributed by atoms with Crippen molar-refractivity contribution < 1.29 is 24.2 Å². The predicted molar refractivity (Wildman–Crippen MR) is 150 cm³/mol. The normalized spacial score (nSPS) is 20.8. The fourth-order valence-corrected chi connectivity index (χ4v) is 6.13. The van der Waals surface area contributed by atoms with E-state index in [2.05, 4.69) is 39.8 Å². The first-order valence-electron chi connectivity index (χ1n) is 13.9. The van der Waals surface area contributed by atoms with Gasteiger partial charge in [0.1, 0.15) is 18.2 Å². The molecular formula is C32H33N3O5. The lowest BCUT2D eigenvalue weighted by atomic mass is 9.96. The lowest BCUT2D eigenvalue weighted by Crippen LogP contribution is -2.62. The second kappa shape index (κ2) is 10.8. The van der Waals surface area contributed by atoms with Gasteiger partial charge in [0.25, 0.3) is 0 Å². The summed E-state index contributed by atoms with van der Waals surface area (Å²) < 4.78 is 5.78. The summed E-state index contributed by atoms with van der Waals surface area (Å²) in [6, 6.07) is 25.2. The number of amides is 2. The Morgan fingerprint density at radius 2 is 1.55 bits per heavy atom. The van der Waals surface area contributed by atoms with Crippen LogP contribution in [-0.2, 0) is 20.9 Å². The van der Waals surface area contributed by atoms with Crippen molar-refractivity contribution in [2.24, 2.45) is 5.92 Å². The molecule has 2 aliphatic carbocycles. The van der Waals surface area contributed by atoms with Gasteiger partial charge in [-0.3, -0.25) is 9.69 Å². The van der Waals surface area contributed by atoms with Crippen LogP contribution in [0, 0.1) is 5.92 Å². The molecule has 3 N–H and O–H groups in total. The summed E-state index contributed by atoms with van der Waals surface area (Å²) in [5.41, 5.74) is 4.28. The van der Waals surface area contributed by atoms with Gasteiger partial charge in [-0.25, -0.2) is 9.59 Å². The summed E-state index contributed by atoms with van der Waals surface area (Å²) in [5.74, 6) is -1.70. The molecule has 0 spiro atoms. The van der Waals surface area contributed by atoms with Crippen LogP contribution in [0.4, 0.5) is 4.79 Å². The van der Waals surface area contributed by atoms with Gasteiger partial charge in [0.2, 0.25) is 5.91 Å². The first-order chi connectivity index (χ1) is 19.4. The molecule has 0 aromatic heterocycles. The SMILES string of the molecule is O=C(NC1(C(=O)NC(C(=O)O)C2CC2)CCN(Cc2ccccc2)C1)OCC1c2ccccc2-c2ccccc21. The van der Waals surface area contributed by atoms with Crippen LogP contribution in [0.2, 0.25) is 0 Å². The van der Waals surface area contributed by atoms with Crippen LogP contribution in [-0.4, -0.2) is 59.3 Å². The zero-order valence-corrected chi connectivity index (χ0v) is 22.2. The van der Waals surface area contributed by atoms with Crippen molar-refractivity contribution >= 4 is 18.0 Å². The van der Waals surface area contributed by atoms with E-state index in [1.54, 1.807) is 0 Å². The van der Waals surface area contributed by atoms with Gasteiger partial charge in [0.15, 0.2) is 0 Å². The van der Waals surface area contributed by atoms with Crippen LogP contribution in [0.15, 0.2) is 78.9 Å². The van der Waals surface area contributed by atoms with E-state index >= 15 is 0 Å². The van der Waals surface area contributed by atoms with Gasteiger partial charge < -0.3 is 20.5 Å². The van der Waals surface area contributed by atoms with Gasteiger partial charge in [0.05, 0.1) is 0 Å². The van der Waals surface area contributed by atoms with E-state index in [1.807, 2.05) is 54.6 Å². The van der Waals surface area contributed by atoms with Crippen LogP contribution < -0.4 is 10.6 Å². The summed E-state index contributed by atoms with van der Waals surface area (Å²) >= 11 is 0. The number of nitrogens with zero attached hydrogens (tertiary/aromatic N) is 1. The van der Waals surface area contributed by atoms with Crippen molar-refractivity contribution in [2.75, 3.05) is 19.7 Å².